The smallest absolute Gasteiger partial charge is 0.223 e. The number of hydrogen-bond acceptors (Lipinski definition) is 6. The molecule has 1 atom stereocenters. The molecule has 0 radical (unpaired) electrons. The molecule has 1 aliphatic rings. The zero-order chi connectivity index (χ0) is 18.0. The molecule has 130 valence electrons. The number of hydrogen-bond donors (Lipinski definition) is 2. The minimum absolute atomic E-state index is 0.309. The van der Waals surface area contributed by atoms with E-state index in [9.17, 15) is 5.26 Å². The fourth-order valence-corrected chi connectivity index (χ4v) is 2.99. The minimum Gasteiger partial charge on any atom is -0.425 e. The summed E-state index contributed by atoms with van der Waals surface area (Å²) in [4.78, 5) is 6.69. The zero-order valence-corrected chi connectivity index (χ0v) is 14.8. The molecule has 0 bridgehead atoms. The number of oxazole rings is 1. The molecule has 1 aliphatic heterocycles. The van der Waals surface area contributed by atoms with Gasteiger partial charge in [0.05, 0.1) is 17.6 Å². The van der Waals surface area contributed by atoms with Crippen LogP contribution in [0.15, 0.2) is 40.1 Å². The second-order valence-electron chi connectivity index (χ2n) is 6.41. The molecule has 2 heterocycles. The molecule has 0 saturated carbocycles. The van der Waals surface area contributed by atoms with Crippen molar-refractivity contribution in [1.82, 2.24) is 4.98 Å². The van der Waals surface area contributed by atoms with Gasteiger partial charge in [-0.3, -0.25) is 0 Å². The molecule has 6 heteroatoms. The summed E-state index contributed by atoms with van der Waals surface area (Å²) in [5.74, 6) is 1.25. The van der Waals surface area contributed by atoms with Gasteiger partial charge in [-0.1, -0.05) is 25.5 Å². The van der Waals surface area contributed by atoms with Crippen molar-refractivity contribution in [3.63, 3.8) is 0 Å². The monoisotopic (exact) mass is 337 g/mol. The summed E-state index contributed by atoms with van der Waals surface area (Å²) < 4.78 is 5.83. The Morgan fingerprint density at radius 1 is 1.32 bits per heavy atom. The normalized spacial score (nSPS) is 16.2. The van der Waals surface area contributed by atoms with Crippen molar-refractivity contribution >= 4 is 11.6 Å². The third-order valence-electron chi connectivity index (χ3n) is 4.41. The lowest BCUT2D eigenvalue weighted by atomic mass is 9.87. The van der Waals surface area contributed by atoms with Crippen molar-refractivity contribution in [2.45, 2.75) is 32.1 Å². The number of nitrogens with two attached hydrogens (primary N) is 1. The van der Waals surface area contributed by atoms with Gasteiger partial charge in [-0.2, -0.15) is 5.26 Å². The highest BCUT2D eigenvalue weighted by atomic mass is 16.4. The Bertz CT molecular complexity index is 826. The molecule has 1 aromatic heterocycles. The molecule has 0 aliphatic carbocycles. The quantitative estimate of drug-likeness (QED) is 0.869. The minimum atomic E-state index is -0.309. The van der Waals surface area contributed by atoms with Crippen LogP contribution in [0.5, 0.6) is 0 Å². The molecule has 0 amide bonds. The SMILES string of the molecule is CCCCc1nc2c(o1)NC(N)=C(C#N)[C@H]2c1ccc(N(C)C)cc1. The molecule has 3 N–H and O–H groups in total. The van der Waals surface area contributed by atoms with E-state index in [2.05, 4.69) is 23.3 Å². The van der Waals surface area contributed by atoms with Crippen LogP contribution in [0.2, 0.25) is 0 Å². The summed E-state index contributed by atoms with van der Waals surface area (Å²) in [6.07, 6.45) is 2.86. The van der Waals surface area contributed by atoms with Crippen molar-refractivity contribution in [1.29, 1.82) is 5.26 Å². The summed E-state index contributed by atoms with van der Waals surface area (Å²) >= 11 is 0. The predicted octanol–water partition coefficient (Wildman–Crippen LogP) is 3.33. The van der Waals surface area contributed by atoms with Crippen LogP contribution in [0.25, 0.3) is 0 Å². The number of nitriles is 1. The van der Waals surface area contributed by atoms with E-state index >= 15 is 0 Å². The molecule has 0 fully saturated rings. The second kappa shape index (κ2) is 6.89. The number of fused-ring (bicyclic) bond motifs is 1. The lowest BCUT2D eigenvalue weighted by Gasteiger charge is -2.23. The Hall–Kier alpha value is -2.94. The first-order valence-electron chi connectivity index (χ1n) is 8.48. The van der Waals surface area contributed by atoms with Crippen LogP contribution in [0.3, 0.4) is 0 Å². The first kappa shape index (κ1) is 16.9. The summed E-state index contributed by atoms with van der Waals surface area (Å²) in [7, 11) is 3.99. The van der Waals surface area contributed by atoms with Gasteiger partial charge in [-0.15, -0.1) is 0 Å². The van der Waals surface area contributed by atoms with E-state index in [1.807, 2.05) is 43.3 Å². The van der Waals surface area contributed by atoms with Crippen LogP contribution in [-0.4, -0.2) is 19.1 Å². The summed E-state index contributed by atoms with van der Waals surface area (Å²) in [5.41, 5.74) is 9.34. The number of nitrogens with one attached hydrogen (secondary N) is 1. The van der Waals surface area contributed by atoms with E-state index in [0.717, 1.165) is 36.2 Å². The summed E-state index contributed by atoms with van der Waals surface area (Å²) in [5, 5.41) is 12.6. The number of rotatable bonds is 5. The van der Waals surface area contributed by atoms with Gasteiger partial charge in [0.2, 0.25) is 5.88 Å². The van der Waals surface area contributed by atoms with Gasteiger partial charge in [0, 0.05) is 26.2 Å². The fraction of sp³-hybridized carbons (Fsp3) is 0.368. The van der Waals surface area contributed by atoms with Gasteiger partial charge in [-0.25, -0.2) is 4.98 Å². The zero-order valence-electron chi connectivity index (χ0n) is 14.8. The van der Waals surface area contributed by atoms with Gasteiger partial charge < -0.3 is 20.4 Å². The number of aromatic nitrogens is 1. The Kier molecular flexibility index (Phi) is 4.66. The lowest BCUT2D eigenvalue weighted by Crippen LogP contribution is -2.22. The number of nitrogens with zero attached hydrogens (tertiary/aromatic N) is 3. The largest absolute Gasteiger partial charge is 0.425 e. The van der Waals surface area contributed by atoms with Crippen molar-refractivity contribution in [3.05, 3.63) is 52.8 Å². The van der Waals surface area contributed by atoms with Crippen LogP contribution in [0.1, 0.15) is 42.8 Å². The molecule has 2 aromatic rings. The number of aryl methyl sites for hydroxylation is 1. The van der Waals surface area contributed by atoms with Crippen molar-refractivity contribution in [3.8, 4) is 6.07 Å². The van der Waals surface area contributed by atoms with Gasteiger partial charge in [0.1, 0.15) is 11.5 Å². The Morgan fingerprint density at radius 2 is 2.04 bits per heavy atom. The number of benzene rings is 1. The van der Waals surface area contributed by atoms with E-state index in [1.165, 1.54) is 0 Å². The molecule has 0 saturated heterocycles. The lowest BCUT2D eigenvalue weighted by molar-refractivity contribution is 0.497. The molecule has 25 heavy (non-hydrogen) atoms. The maximum atomic E-state index is 9.62. The topological polar surface area (TPSA) is 91.1 Å². The molecular weight excluding hydrogens is 314 g/mol. The average molecular weight is 337 g/mol. The van der Waals surface area contributed by atoms with Crippen LogP contribution in [-0.2, 0) is 6.42 Å². The van der Waals surface area contributed by atoms with Crippen LogP contribution in [0.4, 0.5) is 11.6 Å². The van der Waals surface area contributed by atoms with Gasteiger partial charge in [0.15, 0.2) is 5.89 Å². The molecule has 6 nitrogen and oxygen atoms in total. The molecule has 0 unspecified atom stereocenters. The van der Waals surface area contributed by atoms with Crippen molar-refractivity contribution < 1.29 is 4.42 Å². The molecule has 3 rings (SSSR count). The predicted molar refractivity (Wildman–Crippen MR) is 98.2 cm³/mol. The average Bonchev–Trinajstić information content (AvgIpc) is 3.01. The third-order valence-corrected chi connectivity index (χ3v) is 4.41. The third kappa shape index (κ3) is 3.18. The maximum absolute atomic E-state index is 9.62. The molecule has 0 spiro atoms. The maximum Gasteiger partial charge on any atom is 0.223 e. The molecule has 1 aromatic carbocycles. The highest BCUT2D eigenvalue weighted by molar-refractivity contribution is 5.62. The summed E-state index contributed by atoms with van der Waals surface area (Å²) in [6, 6.07) is 10.3. The standard InChI is InChI=1S/C19H23N5O/c1-4-5-6-15-22-17-16(12-7-9-13(10-8-12)24(2)3)14(11-20)18(21)23-19(17)25-15/h7-10,16,23H,4-6,21H2,1-3H3/t16-/m1/s1. The Labute approximate surface area is 147 Å². The van der Waals surface area contributed by atoms with Crippen molar-refractivity contribution in [2.75, 3.05) is 24.3 Å². The van der Waals surface area contributed by atoms with Crippen LogP contribution >= 0.6 is 0 Å². The Morgan fingerprint density at radius 3 is 2.64 bits per heavy atom. The first-order chi connectivity index (χ1) is 12.0. The van der Waals surface area contributed by atoms with Gasteiger partial charge in [0.25, 0.3) is 0 Å². The highest BCUT2D eigenvalue weighted by Gasteiger charge is 2.33. The second-order valence-corrected chi connectivity index (χ2v) is 6.41. The highest BCUT2D eigenvalue weighted by Crippen LogP contribution is 2.40. The first-order valence-corrected chi connectivity index (χ1v) is 8.48. The van der Waals surface area contributed by atoms with Crippen molar-refractivity contribution in [2.24, 2.45) is 5.73 Å². The Balaban J connectivity index is 2.04. The van der Waals surface area contributed by atoms with Gasteiger partial charge in [-0.05, 0) is 24.1 Å². The van der Waals surface area contributed by atoms with E-state index in [-0.39, 0.29) is 5.92 Å². The number of allylic oxidation sites excluding steroid dienone is 1. The molecular formula is C19H23N5O. The van der Waals surface area contributed by atoms with Crippen LogP contribution < -0.4 is 16.0 Å². The van der Waals surface area contributed by atoms with Crippen LogP contribution in [0, 0.1) is 11.3 Å². The van der Waals surface area contributed by atoms with E-state index < -0.39 is 0 Å². The summed E-state index contributed by atoms with van der Waals surface area (Å²) in [6.45, 7) is 2.13. The fourth-order valence-electron chi connectivity index (χ4n) is 2.99. The number of unbranched alkanes of at least 4 members (excludes halogenated alkanes) is 1. The van der Waals surface area contributed by atoms with E-state index in [1.54, 1.807) is 0 Å². The van der Waals surface area contributed by atoms with E-state index in [0.29, 0.717) is 23.2 Å². The number of anilines is 2. The van der Waals surface area contributed by atoms with Gasteiger partial charge >= 0.3 is 0 Å². The van der Waals surface area contributed by atoms with E-state index in [4.69, 9.17) is 10.2 Å².